The molecule has 0 spiro atoms. The normalized spacial score (nSPS) is 12.4. The Hall–Kier alpha value is -1.27. The highest BCUT2D eigenvalue weighted by molar-refractivity contribution is 6.35. The molecular formula is C14H16Cl2N2O3. The molecule has 0 amide bonds. The van der Waals surface area contributed by atoms with Gasteiger partial charge >= 0.3 is 0 Å². The lowest BCUT2D eigenvalue weighted by molar-refractivity contribution is 0.105. The molecule has 0 bridgehead atoms. The van der Waals surface area contributed by atoms with E-state index in [9.17, 15) is 5.11 Å². The topological polar surface area (TPSA) is 67.5 Å². The fourth-order valence-electron chi connectivity index (χ4n) is 1.70. The zero-order valence-corrected chi connectivity index (χ0v) is 13.0. The molecular weight excluding hydrogens is 315 g/mol. The van der Waals surface area contributed by atoms with Crippen molar-refractivity contribution in [2.75, 3.05) is 13.2 Å². The summed E-state index contributed by atoms with van der Waals surface area (Å²) in [5.74, 6) is 1.22. The number of rotatable bonds is 7. The fourth-order valence-corrected chi connectivity index (χ4v) is 2.16. The average Bonchev–Trinajstić information content (AvgIpc) is 2.83. The number of hydrogen-bond donors (Lipinski definition) is 2. The third kappa shape index (κ3) is 5.21. The van der Waals surface area contributed by atoms with Crippen molar-refractivity contribution in [3.63, 3.8) is 0 Å². The zero-order valence-electron chi connectivity index (χ0n) is 11.5. The minimum atomic E-state index is -0.666. The minimum absolute atomic E-state index is 0.129. The third-order valence-corrected chi connectivity index (χ3v) is 3.21. The van der Waals surface area contributed by atoms with Gasteiger partial charge in [-0.05, 0) is 25.1 Å². The third-order valence-electron chi connectivity index (χ3n) is 2.68. The summed E-state index contributed by atoms with van der Waals surface area (Å²) in [5, 5.41) is 17.6. The van der Waals surface area contributed by atoms with Gasteiger partial charge in [-0.25, -0.2) is 0 Å². The van der Waals surface area contributed by atoms with Crippen molar-refractivity contribution in [2.45, 2.75) is 19.6 Å². The molecule has 0 aliphatic rings. The van der Waals surface area contributed by atoms with Gasteiger partial charge in [-0.2, -0.15) is 0 Å². The first kappa shape index (κ1) is 16.1. The van der Waals surface area contributed by atoms with Crippen LogP contribution in [0.15, 0.2) is 28.8 Å². The van der Waals surface area contributed by atoms with E-state index in [1.165, 1.54) is 0 Å². The lowest BCUT2D eigenvalue weighted by atomic mass is 10.3. The molecule has 0 saturated heterocycles. The highest BCUT2D eigenvalue weighted by Crippen LogP contribution is 2.27. The Balaban J connectivity index is 1.70. The quantitative estimate of drug-likeness (QED) is 0.817. The van der Waals surface area contributed by atoms with E-state index in [2.05, 4.69) is 10.5 Å². The first-order chi connectivity index (χ1) is 10.0. The monoisotopic (exact) mass is 330 g/mol. The number of aromatic nitrogens is 1. The van der Waals surface area contributed by atoms with Crippen LogP contribution in [0.4, 0.5) is 0 Å². The zero-order chi connectivity index (χ0) is 15.2. The maximum absolute atomic E-state index is 9.84. The summed E-state index contributed by atoms with van der Waals surface area (Å²) in [7, 11) is 0. The maximum atomic E-state index is 9.84. The molecule has 7 heteroatoms. The van der Waals surface area contributed by atoms with E-state index < -0.39 is 6.10 Å². The molecule has 21 heavy (non-hydrogen) atoms. The highest BCUT2D eigenvalue weighted by atomic mass is 35.5. The number of halogens is 2. The Kier molecular flexibility index (Phi) is 5.87. The first-order valence-corrected chi connectivity index (χ1v) is 7.19. The van der Waals surface area contributed by atoms with Crippen LogP contribution >= 0.6 is 23.2 Å². The number of hydrogen-bond acceptors (Lipinski definition) is 5. The van der Waals surface area contributed by atoms with Gasteiger partial charge < -0.3 is 19.7 Å². The number of nitrogens with one attached hydrogen (secondary N) is 1. The summed E-state index contributed by atoms with van der Waals surface area (Å²) in [6, 6.07) is 6.78. The van der Waals surface area contributed by atoms with Gasteiger partial charge in [0.25, 0.3) is 0 Å². The molecule has 0 aliphatic heterocycles. The van der Waals surface area contributed by atoms with Crippen molar-refractivity contribution in [1.29, 1.82) is 0 Å². The molecule has 1 unspecified atom stereocenters. The van der Waals surface area contributed by atoms with E-state index in [0.29, 0.717) is 28.9 Å². The summed E-state index contributed by atoms with van der Waals surface area (Å²) < 4.78 is 10.5. The van der Waals surface area contributed by atoms with Crippen LogP contribution in [0.2, 0.25) is 10.0 Å². The number of nitrogens with zero attached hydrogens (tertiary/aromatic N) is 1. The van der Waals surface area contributed by atoms with Gasteiger partial charge in [0.05, 0.1) is 17.3 Å². The fraction of sp³-hybridized carbons (Fsp3) is 0.357. The summed E-state index contributed by atoms with van der Waals surface area (Å²) in [4.78, 5) is 0. The van der Waals surface area contributed by atoms with E-state index in [0.717, 1.165) is 11.5 Å². The van der Waals surface area contributed by atoms with E-state index in [-0.39, 0.29) is 6.61 Å². The van der Waals surface area contributed by atoms with Crippen molar-refractivity contribution in [2.24, 2.45) is 0 Å². The van der Waals surface area contributed by atoms with Crippen LogP contribution in [-0.4, -0.2) is 29.5 Å². The van der Waals surface area contributed by atoms with Gasteiger partial charge in [0.2, 0.25) is 0 Å². The highest BCUT2D eigenvalue weighted by Gasteiger charge is 2.08. The van der Waals surface area contributed by atoms with Crippen LogP contribution in [0.25, 0.3) is 0 Å². The van der Waals surface area contributed by atoms with Crippen LogP contribution in [0.3, 0.4) is 0 Å². The SMILES string of the molecule is Cc1cc(CNCC(O)COc2ccc(Cl)cc2Cl)on1. The number of aliphatic hydroxyl groups is 1. The van der Waals surface area contributed by atoms with Crippen LogP contribution < -0.4 is 10.1 Å². The summed E-state index contributed by atoms with van der Waals surface area (Å²) in [6.45, 7) is 2.85. The Morgan fingerprint density at radius 2 is 2.19 bits per heavy atom. The van der Waals surface area contributed by atoms with E-state index in [1.54, 1.807) is 18.2 Å². The smallest absolute Gasteiger partial charge is 0.150 e. The number of aliphatic hydroxyl groups excluding tert-OH is 1. The maximum Gasteiger partial charge on any atom is 0.150 e. The van der Waals surface area contributed by atoms with Crippen LogP contribution in [0.5, 0.6) is 5.75 Å². The summed E-state index contributed by atoms with van der Waals surface area (Å²) in [6.07, 6.45) is -0.666. The Morgan fingerprint density at radius 1 is 1.38 bits per heavy atom. The van der Waals surface area contributed by atoms with E-state index >= 15 is 0 Å². The molecule has 1 heterocycles. The standard InChI is InChI=1S/C14H16Cl2N2O3/c1-9-4-12(21-18-9)7-17-6-11(19)8-20-14-3-2-10(15)5-13(14)16/h2-5,11,17,19H,6-8H2,1H3. The molecule has 1 aromatic heterocycles. The second kappa shape index (κ2) is 7.66. The van der Waals surface area contributed by atoms with Gasteiger partial charge in [-0.15, -0.1) is 0 Å². The molecule has 2 N–H and O–H groups in total. The van der Waals surface area contributed by atoms with Crippen molar-refractivity contribution in [3.8, 4) is 5.75 Å². The van der Waals surface area contributed by atoms with Gasteiger partial charge in [-0.1, -0.05) is 28.4 Å². The molecule has 0 fully saturated rings. The van der Waals surface area contributed by atoms with Gasteiger partial charge in [0, 0.05) is 17.6 Å². The van der Waals surface area contributed by atoms with E-state index in [4.69, 9.17) is 32.5 Å². The predicted molar refractivity (Wildman–Crippen MR) is 80.9 cm³/mol. The van der Waals surface area contributed by atoms with Crippen LogP contribution in [0.1, 0.15) is 11.5 Å². The molecule has 0 radical (unpaired) electrons. The molecule has 0 saturated carbocycles. The summed E-state index contributed by atoms with van der Waals surface area (Å²) in [5.41, 5.74) is 0.827. The van der Waals surface area contributed by atoms with Crippen molar-refractivity contribution < 1.29 is 14.4 Å². The van der Waals surface area contributed by atoms with E-state index in [1.807, 2.05) is 13.0 Å². The molecule has 5 nitrogen and oxygen atoms in total. The lowest BCUT2D eigenvalue weighted by Crippen LogP contribution is -2.31. The van der Waals surface area contributed by atoms with Crippen LogP contribution in [0, 0.1) is 6.92 Å². The van der Waals surface area contributed by atoms with Gasteiger partial charge in [-0.3, -0.25) is 0 Å². The second-order valence-electron chi connectivity index (χ2n) is 4.61. The molecule has 2 aromatic rings. The minimum Gasteiger partial charge on any atom is -0.489 e. The first-order valence-electron chi connectivity index (χ1n) is 6.43. The molecule has 0 aliphatic carbocycles. The number of ether oxygens (including phenoxy) is 1. The predicted octanol–water partition coefficient (Wildman–Crippen LogP) is 2.82. The van der Waals surface area contributed by atoms with Crippen molar-refractivity contribution in [3.05, 3.63) is 45.8 Å². The Bertz CT molecular complexity index is 589. The van der Waals surface area contributed by atoms with Gasteiger partial charge in [0.1, 0.15) is 18.5 Å². The Morgan fingerprint density at radius 3 is 2.86 bits per heavy atom. The number of benzene rings is 1. The molecule has 114 valence electrons. The number of aryl methyl sites for hydroxylation is 1. The molecule has 1 atom stereocenters. The molecule has 2 rings (SSSR count). The van der Waals surface area contributed by atoms with Crippen molar-refractivity contribution in [1.82, 2.24) is 10.5 Å². The molecule has 1 aromatic carbocycles. The van der Waals surface area contributed by atoms with Gasteiger partial charge in [0.15, 0.2) is 5.76 Å². The Labute approximate surface area is 132 Å². The average molecular weight is 331 g/mol. The van der Waals surface area contributed by atoms with Crippen LogP contribution in [-0.2, 0) is 6.54 Å². The van der Waals surface area contributed by atoms with Crippen molar-refractivity contribution >= 4 is 23.2 Å². The summed E-state index contributed by atoms with van der Waals surface area (Å²) >= 11 is 11.8. The lowest BCUT2D eigenvalue weighted by Gasteiger charge is -2.13. The largest absolute Gasteiger partial charge is 0.489 e. The second-order valence-corrected chi connectivity index (χ2v) is 5.45.